The van der Waals surface area contributed by atoms with Crippen molar-refractivity contribution >= 4 is 51.0 Å². The van der Waals surface area contributed by atoms with E-state index >= 15 is 0 Å². The zero-order valence-corrected chi connectivity index (χ0v) is 41.9. The second-order valence-electron chi connectivity index (χ2n) is 19.0. The zero-order chi connectivity index (χ0) is 43.0. The largest absolute Gasteiger partial charge is 0.488 e. The molecule has 4 atom stereocenters. The van der Waals surface area contributed by atoms with Gasteiger partial charge in [0.15, 0.2) is 16.6 Å². The van der Waals surface area contributed by atoms with Crippen molar-refractivity contribution in [3.05, 3.63) is 69.0 Å². The quantitative estimate of drug-likeness (QED) is 0.0379. The van der Waals surface area contributed by atoms with Crippen molar-refractivity contribution in [3.63, 3.8) is 0 Å². The predicted octanol–water partition coefficient (Wildman–Crippen LogP) is 12.4. The summed E-state index contributed by atoms with van der Waals surface area (Å²) in [6, 6.07) is 12.3. The number of hydrogen-bond donors (Lipinski definition) is 0. The number of ketones is 1. The molecule has 1 unspecified atom stereocenters. The van der Waals surface area contributed by atoms with Gasteiger partial charge in [0.05, 0.1) is 34.7 Å². The van der Waals surface area contributed by atoms with E-state index in [4.69, 9.17) is 27.8 Å². The van der Waals surface area contributed by atoms with E-state index in [0.29, 0.717) is 37.7 Å². The molecule has 2 aromatic carbocycles. The molecule has 1 aliphatic heterocycles. The van der Waals surface area contributed by atoms with Crippen molar-refractivity contribution < 1.29 is 37.4 Å². The lowest BCUT2D eigenvalue weighted by Crippen LogP contribution is -2.52. The second-order valence-corrected chi connectivity index (χ2v) is 29.7. The summed E-state index contributed by atoms with van der Waals surface area (Å²) in [5, 5.41) is -0.134. The maximum atomic E-state index is 14.4. The van der Waals surface area contributed by atoms with Crippen LogP contribution in [0, 0.1) is 15.4 Å². The van der Waals surface area contributed by atoms with E-state index in [-0.39, 0.29) is 35.0 Å². The molecule has 0 radical (unpaired) electrons. The van der Waals surface area contributed by atoms with Crippen molar-refractivity contribution in [2.24, 2.45) is 11.8 Å². The summed E-state index contributed by atoms with van der Waals surface area (Å²) in [4.78, 5) is 28.0. The van der Waals surface area contributed by atoms with Gasteiger partial charge in [0.1, 0.15) is 30.0 Å². The molecule has 1 saturated heterocycles. The summed E-state index contributed by atoms with van der Waals surface area (Å²) in [6.07, 6.45) is 5.27. The molecule has 1 aliphatic rings. The summed E-state index contributed by atoms with van der Waals surface area (Å²) >= 11 is 2.35. The van der Waals surface area contributed by atoms with Crippen LogP contribution in [0.2, 0.25) is 36.3 Å². The minimum atomic E-state index is -2.44. The number of esters is 1. The van der Waals surface area contributed by atoms with Crippen LogP contribution >= 0.6 is 22.6 Å². The second kappa shape index (κ2) is 20.5. The smallest absolute Gasteiger partial charge is 0.343 e. The summed E-state index contributed by atoms with van der Waals surface area (Å²) < 4.78 is 39.8. The molecule has 3 rings (SSSR count). The molecule has 0 spiro atoms. The van der Waals surface area contributed by atoms with Gasteiger partial charge in [-0.25, -0.2) is 4.79 Å². The van der Waals surface area contributed by atoms with Gasteiger partial charge in [-0.3, -0.25) is 4.79 Å². The van der Waals surface area contributed by atoms with Crippen LogP contribution in [0.15, 0.2) is 48.7 Å². The van der Waals surface area contributed by atoms with Crippen LogP contribution in [0.5, 0.6) is 11.5 Å². The van der Waals surface area contributed by atoms with Crippen molar-refractivity contribution in [2.75, 3.05) is 6.61 Å². The minimum Gasteiger partial charge on any atom is -0.488 e. The SMILES string of the molecule is CCCC(C=COc1c(I)cc(CC(C)C)c(OCc2ccccc2)c1CO[Si](C)(C)C(C)(C)C)C(=O)C[C@@H](O[Si](C)(C)C(C)(C)C)[C@]1(C(=O)OCC)O[C@H]1CC. The molecule has 0 saturated carbocycles. The summed E-state index contributed by atoms with van der Waals surface area (Å²) in [5.74, 6) is 0.930. The van der Waals surface area contributed by atoms with Crippen LogP contribution in [0.4, 0.5) is 0 Å². The first-order chi connectivity index (χ1) is 26.4. The fourth-order valence-electron chi connectivity index (χ4n) is 6.40. The minimum absolute atomic E-state index is 0.0100. The standard InChI is InChI=1S/C46H73IO8Si2/c1-16-22-34(38(48)29-40(55-57(14,15)45(9,10)11)46(39(17-2)54-46)43(49)50-18-3)25-26-51-42-36(31-53-56(12,13)44(6,7)8)41(35(27-32(4)5)28-37(42)47)52-30-33-23-20-19-21-24-33/h19-21,23-26,28,32,34,39-40H,16-18,22,27,29-31H2,1-15H3/t34?,39-,40+,46+/m0/s1. The summed E-state index contributed by atoms with van der Waals surface area (Å²) in [6.45, 7) is 33.2. The van der Waals surface area contributed by atoms with E-state index in [1.54, 1.807) is 13.2 Å². The van der Waals surface area contributed by atoms with E-state index in [1.807, 2.05) is 31.2 Å². The normalized spacial score (nSPS) is 18.8. The molecule has 0 N–H and O–H groups in total. The maximum absolute atomic E-state index is 14.4. The number of carbonyl (C=O) groups excluding carboxylic acids is 2. The number of epoxide rings is 1. The third-order valence-corrected chi connectivity index (χ3v) is 21.7. The number of ether oxygens (including phenoxy) is 4. The van der Waals surface area contributed by atoms with Crippen molar-refractivity contribution in [3.8, 4) is 11.5 Å². The Morgan fingerprint density at radius 1 is 0.930 bits per heavy atom. The molecule has 0 bridgehead atoms. The number of benzene rings is 2. The lowest BCUT2D eigenvalue weighted by atomic mass is 9.88. The van der Waals surface area contributed by atoms with E-state index < -0.39 is 40.2 Å². The van der Waals surface area contributed by atoms with Crippen LogP contribution in [-0.4, -0.2) is 52.8 Å². The molecule has 11 heteroatoms. The monoisotopic (exact) mass is 936 g/mol. The van der Waals surface area contributed by atoms with Gasteiger partial charge in [0.2, 0.25) is 5.60 Å². The molecular weight excluding hydrogens is 864 g/mol. The van der Waals surface area contributed by atoms with Gasteiger partial charge in [0.25, 0.3) is 0 Å². The lowest BCUT2D eigenvalue weighted by Gasteiger charge is -2.40. The zero-order valence-electron chi connectivity index (χ0n) is 37.7. The third-order valence-electron chi connectivity index (χ3n) is 11.9. The van der Waals surface area contributed by atoms with Crippen molar-refractivity contribution in [1.82, 2.24) is 0 Å². The van der Waals surface area contributed by atoms with Crippen molar-refractivity contribution in [2.45, 2.75) is 176 Å². The molecule has 0 aromatic heterocycles. The van der Waals surface area contributed by atoms with Gasteiger partial charge in [-0.2, -0.15) is 0 Å². The number of halogens is 1. The van der Waals surface area contributed by atoms with Crippen molar-refractivity contribution in [1.29, 1.82) is 0 Å². The lowest BCUT2D eigenvalue weighted by molar-refractivity contribution is -0.154. The molecule has 320 valence electrons. The number of Topliss-reactive ketones (excluding diaryl/α,β-unsaturated/α-hetero) is 1. The first-order valence-corrected chi connectivity index (χ1v) is 27.9. The number of allylic oxidation sites excluding steroid dienone is 1. The molecule has 1 heterocycles. The van der Waals surface area contributed by atoms with Crippen LogP contribution in [0.1, 0.15) is 119 Å². The average Bonchev–Trinajstić information content (AvgIpc) is 3.86. The average molecular weight is 937 g/mol. The van der Waals surface area contributed by atoms with Crippen LogP contribution in [-0.2, 0) is 47.5 Å². The molecule has 8 nitrogen and oxygen atoms in total. The number of hydrogen-bond acceptors (Lipinski definition) is 8. The van der Waals surface area contributed by atoms with E-state index in [9.17, 15) is 9.59 Å². The van der Waals surface area contributed by atoms with Crippen LogP contribution in [0.25, 0.3) is 0 Å². The Morgan fingerprint density at radius 3 is 2.09 bits per heavy atom. The van der Waals surface area contributed by atoms with E-state index in [2.05, 4.69) is 129 Å². The molecule has 2 aromatic rings. The highest BCUT2D eigenvalue weighted by Crippen LogP contribution is 2.49. The van der Waals surface area contributed by atoms with Gasteiger partial charge >= 0.3 is 5.97 Å². The first-order valence-electron chi connectivity index (χ1n) is 21.0. The number of rotatable bonds is 22. The third kappa shape index (κ3) is 12.7. The van der Waals surface area contributed by atoms with Gasteiger partial charge < -0.3 is 27.8 Å². The highest BCUT2D eigenvalue weighted by atomic mass is 127. The molecular formula is C46H73IO8Si2. The fraction of sp³-hybridized carbons (Fsp3) is 0.652. The van der Waals surface area contributed by atoms with Gasteiger partial charge in [0, 0.05) is 12.3 Å². The Morgan fingerprint density at radius 2 is 1.56 bits per heavy atom. The Balaban J connectivity index is 2.06. The molecule has 0 amide bonds. The first kappa shape index (κ1) is 49.3. The molecule has 1 fully saturated rings. The Kier molecular flexibility index (Phi) is 17.7. The Labute approximate surface area is 360 Å². The summed E-state index contributed by atoms with van der Waals surface area (Å²) in [7, 11) is -4.61. The predicted molar refractivity (Wildman–Crippen MR) is 245 cm³/mol. The van der Waals surface area contributed by atoms with E-state index in [1.165, 1.54) is 0 Å². The number of carbonyl (C=O) groups is 2. The highest BCUT2D eigenvalue weighted by molar-refractivity contribution is 14.1. The molecule has 0 aliphatic carbocycles. The van der Waals surface area contributed by atoms with Gasteiger partial charge in [-0.05, 0) is 114 Å². The van der Waals surface area contributed by atoms with Crippen LogP contribution < -0.4 is 9.47 Å². The van der Waals surface area contributed by atoms with E-state index in [0.717, 1.165) is 38.9 Å². The van der Waals surface area contributed by atoms with Gasteiger partial charge in [-0.15, -0.1) is 0 Å². The Hall–Kier alpha value is -2.04. The molecule has 57 heavy (non-hydrogen) atoms. The Bertz CT molecular complexity index is 1660. The fourth-order valence-corrected chi connectivity index (χ4v) is 9.49. The van der Waals surface area contributed by atoms with Crippen LogP contribution in [0.3, 0.4) is 0 Å². The summed E-state index contributed by atoms with van der Waals surface area (Å²) in [5.41, 5.74) is 1.77. The topological polar surface area (TPSA) is 92.8 Å². The highest BCUT2D eigenvalue weighted by Gasteiger charge is 2.69. The maximum Gasteiger partial charge on any atom is 0.343 e. The van der Waals surface area contributed by atoms with Gasteiger partial charge in [-0.1, -0.05) is 106 Å².